The third-order valence-electron chi connectivity index (χ3n) is 2.23. The Kier molecular flexibility index (Phi) is 4.71. The Morgan fingerprint density at radius 3 is 2.44 bits per heavy atom. The fourth-order valence-electron chi connectivity index (χ4n) is 1.37. The summed E-state index contributed by atoms with van der Waals surface area (Å²) >= 11 is 0. The predicted molar refractivity (Wildman–Crippen MR) is 59.3 cm³/mol. The van der Waals surface area contributed by atoms with E-state index in [0.717, 1.165) is 4.68 Å². The van der Waals surface area contributed by atoms with Gasteiger partial charge in [-0.25, -0.2) is 9.90 Å². The van der Waals surface area contributed by atoms with Crippen LogP contribution in [0.3, 0.4) is 0 Å². The number of carbonyl (C=O) groups is 1. The molecule has 1 aromatic heterocycles. The molecule has 0 spiro atoms. The van der Waals surface area contributed by atoms with Gasteiger partial charge in [0.15, 0.2) is 0 Å². The zero-order valence-electron chi connectivity index (χ0n) is 10.0. The zero-order chi connectivity index (χ0) is 12.4. The van der Waals surface area contributed by atoms with E-state index >= 15 is 0 Å². The van der Waals surface area contributed by atoms with Gasteiger partial charge in [0, 0.05) is 0 Å². The normalized spacial score (nSPS) is 9.61. The number of primary amides is 1. The van der Waals surface area contributed by atoms with E-state index in [2.05, 4.69) is 10.3 Å². The van der Waals surface area contributed by atoms with Crippen molar-refractivity contribution in [2.75, 3.05) is 7.11 Å². The molecule has 7 nitrogen and oxygen atoms in total. The fraction of sp³-hybridized carbons (Fsp3) is 0.100. The van der Waals surface area contributed by atoms with Crippen molar-refractivity contribution in [3.63, 3.8) is 0 Å². The van der Waals surface area contributed by atoms with Gasteiger partial charge in [-0.1, -0.05) is 0 Å². The van der Waals surface area contributed by atoms with Crippen molar-refractivity contribution in [3.8, 4) is 11.4 Å². The minimum absolute atomic E-state index is 0. The van der Waals surface area contributed by atoms with Gasteiger partial charge in [0.05, 0.1) is 12.8 Å². The molecule has 2 rings (SSSR count). The Bertz CT molecular complexity index is 602. The van der Waals surface area contributed by atoms with E-state index in [1.165, 1.54) is 0 Å². The number of rotatable bonds is 3. The van der Waals surface area contributed by atoms with Crippen LogP contribution in [0.25, 0.3) is 5.69 Å². The van der Waals surface area contributed by atoms with Crippen LogP contribution in [0.2, 0.25) is 0 Å². The summed E-state index contributed by atoms with van der Waals surface area (Å²) < 4.78 is 6.12. The van der Waals surface area contributed by atoms with Crippen LogP contribution in [0.15, 0.2) is 29.1 Å². The number of hydrogen-bond acceptors (Lipinski definition) is 4. The molecule has 3 N–H and O–H groups in total. The molecule has 0 aliphatic heterocycles. The maximum absolute atomic E-state index is 11.7. The molecule has 0 bridgehead atoms. The maximum Gasteiger partial charge on any atom is 1.00 e. The molecule has 8 heteroatoms. The summed E-state index contributed by atoms with van der Waals surface area (Å²) in [5.74, 6) is -0.199. The number of nitrogens with zero attached hydrogens (tertiary/aromatic N) is 2. The van der Waals surface area contributed by atoms with Gasteiger partial charge < -0.3 is 10.5 Å². The number of aromatic amines is 1. The van der Waals surface area contributed by atoms with Crippen LogP contribution in [-0.4, -0.2) is 28.0 Å². The van der Waals surface area contributed by atoms with Crippen LogP contribution in [0.1, 0.15) is 10.5 Å². The first-order chi connectivity index (χ1) is 8.13. The maximum atomic E-state index is 11.7. The molecule has 0 fully saturated rings. The number of benzene rings is 1. The third kappa shape index (κ3) is 2.63. The second kappa shape index (κ2) is 5.85. The van der Waals surface area contributed by atoms with Crippen LogP contribution in [0.4, 0.5) is 0 Å². The van der Waals surface area contributed by atoms with E-state index in [9.17, 15) is 9.59 Å². The van der Waals surface area contributed by atoms with Gasteiger partial charge in [-0.15, -0.1) is 5.10 Å². The van der Waals surface area contributed by atoms with Gasteiger partial charge in [0.2, 0.25) is 5.69 Å². The topological polar surface area (TPSA) is 103 Å². The SMILES string of the molecule is COc1ccc(-n2[nH]nc(C(N)=O)c2=O)cc1.[Na+]. The molecule has 0 saturated heterocycles. The fourth-order valence-corrected chi connectivity index (χ4v) is 1.37. The Hall–Kier alpha value is -1.57. The van der Waals surface area contributed by atoms with E-state index < -0.39 is 11.5 Å². The summed E-state index contributed by atoms with van der Waals surface area (Å²) in [5.41, 5.74) is 4.64. The molecule has 0 aliphatic rings. The smallest absolute Gasteiger partial charge is 0.497 e. The van der Waals surface area contributed by atoms with Crippen molar-refractivity contribution in [2.24, 2.45) is 5.73 Å². The Morgan fingerprint density at radius 2 is 2.00 bits per heavy atom. The van der Waals surface area contributed by atoms with Gasteiger partial charge >= 0.3 is 35.1 Å². The van der Waals surface area contributed by atoms with Gasteiger partial charge in [-0.3, -0.25) is 9.59 Å². The van der Waals surface area contributed by atoms with Crippen molar-refractivity contribution < 1.29 is 39.1 Å². The molecule has 1 aromatic carbocycles. The molecule has 0 radical (unpaired) electrons. The average molecular weight is 257 g/mol. The summed E-state index contributed by atoms with van der Waals surface area (Å²) in [6.45, 7) is 0. The molecule has 1 heterocycles. The summed E-state index contributed by atoms with van der Waals surface area (Å²) in [7, 11) is 1.54. The molecule has 0 atom stereocenters. The van der Waals surface area contributed by atoms with E-state index in [1.54, 1.807) is 31.4 Å². The monoisotopic (exact) mass is 257 g/mol. The predicted octanol–water partition coefficient (Wildman–Crippen LogP) is -3.33. The molecule has 0 unspecified atom stereocenters. The van der Waals surface area contributed by atoms with Crippen molar-refractivity contribution in [1.29, 1.82) is 0 Å². The minimum atomic E-state index is -0.862. The van der Waals surface area contributed by atoms with E-state index in [-0.39, 0.29) is 35.3 Å². The Balaban J connectivity index is 0.00000162. The minimum Gasteiger partial charge on any atom is -0.497 e. The molecule has 18 heavy (non-hydrogen) atoms. The van der Waals surface area contributed by atoms with Gasteiger partial charge in [-0.05, 0) is 24.3 Å². The van der Waals surface area contributed by atoms with Gasteiger partial charge in [0.25, 0.3) is 5.91 Å². The average Bonchev–Trinajstić information content (AvgIpc) is 2.71. The number of nitrogens with two attached hydrogens (primary N) is 1. The third-order valence-corrected chi connectivity index (χ3v) is 2.23. The summed E-state index contributed by atoms with van der Waals surface area (Å²) in [6.07, 6.45) is 0. The number of carbonyl (C=O) groups excluding carboxylic acids is 1. The largest absolute Gasteiger partial charge is 1.00 e. The molecule has 0 aliphatic carbocycles. The summed E-state index contributed by atoms with van der Waals surface area (Å²) in [5, 5.41) is 5.98. The number of amides is 1. The van der Waals surface area contributed by atoms with Gasteiger partial charge in [0.1, 0.15) is 5.75 Å². The van der Waals surface area contributed by atoms with E-state index in [4.69, 9.17) is 10.5 Å². The first-order valence-corrected chi connectivity index (χ1v) is 4.75. The number of ether oxygens (including phenoxy) is 1. The molecule has 88 valence electrons. The standard InChI is InChI=1S/C10H10N4O3.Na/c1-17-7-4-2-6(3-5-7)14-10(16)8(9(11)15)12-13-14;/h2-5,13H,1H3,(H2,11,15);/q;+1. The van der Waals surface area contributed by atoms with Crippen molar-refractivity contribution in [1.82, 2.24) is 15.0 Å². The first kappa shape index (κ1) is 14.5. The Morgan fingerprint density at radius 1 is 1.39 bits per heavy atom. The number of H-pyrrole nitrogens is 1. The van der Waals surface area contributed by atoms with Crippen LogP contribution < -0.4 is 45.6 Å². The van der Waals surface area contributed by atoms with Gasteiger partial charge in [-0.2, -0.15) is 0 Å². The number of nitrogens with one attached hydrogen (secondary N) is 1. The van der Waals surface area contributed by atoms with Crippen LogP contribution in [0, 0.1) is 0 Å². The number of hydrogen-bond donors (Lipinski definition) is 2. The second-order valence-corrected chi connectivity index (χ2v) is 3.26. The van der Waals surface area contributed by atoms with E-state index in [0.29, 0.717) is 11.4 Å². The van der Waals surface area contributed by atoms with Crippen LogP contribution >= 0.6 is 0 Å². The molecular weight excluding hydrogens is 247 g/mol. The van der Waals surface area contributed by atoms with Crippen molar-refractivity contribution in [2.45, 2.75) is 0 Å². The molecular formula is C10H10N4NaO3+. The molecule has 0 saturated carbocycles. The zero-order valence-corrected chi connectivity index (χ0v) is 12.0. The van der Waals surface area contributed by atoms with Crippen molar-refractivity contribution >= 4 is 5.91 Å². The molecule has 1 amide bonds. The molecule has 2 aromatic rings. The second-order valence-electron chi connectivity index (χ2n) is 3.26. The number of aromatic nitrogens is 3. The van der Waals surface area contributed by atoms with Crippen molar-refractivity contribution in [3.05, 3.63) is 40.3 Å². The number of methoxy groups -OCH3 is 1. The van der Waals surface area contributed by atoms with Crippen LogP contribution in [0.5, 0.6) is 5.75 Å². The summed E-state index contributed by atoms with van der Waals surface area (Å²) in [4.78, 5) is 22.6. The summed E-state index contributed by atoms with van der Waals surface area (Å²) in [6, 6.07) is 6.69. The van der Waals surface area contributed by atoms with E-state index in [1.807, 2.05) is 0 Å². The van der Waals surface area contributed by atoms with Crippen LogP contribution in [-0.2, 0) is 0 Å². The first-order valence-electron chi connectivity index (χ1n) is 4.75. The Labute approximate surface area is 124 Å². The quantitative estimate of drug-likeness (QED) is 0.561.